The van der Waals surface area contributed by atoms with Crippen molar-refractivity contribution in [2.24, 2.45) is 0 Å². The number of benzene rings is 2. The lowest BCUT2D eigenvalue weighted by Crippen LogP contribution is -2.25. The molecule has 1 aliphatic carbocycles. The maximum Gasteiger partial charge on any atom is 0.251 e. The first-order valence-electron chi connectivity index (χ1n) is 9.00. The molecular formula is C21H24N2O3. The first kappa shape index (κ1) is 18.0. The Morgan fingerprint density at radius 2 is 1.88 bits per heavy atom. The Hall–Kier alpha value is -2.82. The van der Waals surface area contributed by atoms with Crippen LogP contribution in [0.3, 0.4) is 0 Å². The third kappa shape index (κ3) is 5.62. The molecule has 2 aromatic carbocycles. The molecule has 0 radical (unpaired) electrons. The monoisotopic (exact) mass is 352 g/mol. The van der Waals surface area contributed by atoms with Gasteiger partial charge in [-0.25, -0.2) is 0 Å². The number of hydrogen-bond donors (Lipinski definition) is 2. The van der Waals surface area contributed by atoms with Crippen LogP contribution in [-0.2, 0) is 4.79 Å². The van der Waals surface area contributed by atoms with E-state index in [2.05, 4.69) is 10.6 Å². The molecule has 5 heteroatoms. The molecule has 1 fully saturated rings. The van der Waals surface area contributed by atoms with Gasteiger partial charge in [-0.15, -0.1) is 0 Å². The van der Waals surface area contributed by atoms with Gasteiger partial charge in [-0.1, -0.05) is 12.1 Å². The lowest BCUT2D eigenvalue weighted by Gasteiger charge is -2.08. The van der Waals surface area contributed by atoms with Crippen molar-refractivity contribution in [1.82, 2.24) is 5.32 Å². The zero-order valence-electron chi connectivity index (χ0n) is 15.0. The predicted octanol–water partition coefficient (Wildman–Crippen LogP) is 3.68. The molecule has 0 heterocycles. The fourth-order valence-electron chi connectivity index (χ4n) is 2.55. The van der Waals surface area contributed by atoms with Gasteiger partial charge in [-0.2, -0.15) is 0 Å². The Labute approximate surface area is 153 Å². The van der Waals surface area contributed by atoms with Crippen LogP contribution in [0, 0.1) is 6.92 Å². The number of amides is 2. The third-order valence-electron chi connectivity index (χ3n) is 4.15. The molecule has 0 spiro atoms. The number of aryl methyl sites for hydroxylation is 1. The summed E-state index contributed by atoms with van der Waals surface area (Å²) in [4.78, 5) is 23.9. The van der Waals surface area contributed by atoms with Crippen molar-refractivity contribution in [2.45, 2.75) is 38.6 Å². The Morgan fingerprint density at radius 1 is 1.12 bits per heavy atom. The van der Waals surface area contributed by atoms with E-state index in [-0.39, 0.29) is 11.8 Å². The molecule has 2 N–H and O–H groups in total. The van der Waals surface area contributed by atoms with Crippen molar-refractivity contribution in [1.29, 1.82) is 0 Å². The average molecular weight is 352 g/mol. The van der Waals surface area contributed by atoms with Crippen molar-refractivity contribution in [3.8, 4) is 5.75 Å². The summed E-state index contributed by atoms with van der Waals surface area (Å²) in [5.41, 5.74) is 2.45. The molecule has 1 aliphatic rings. The van der Waals surface area contributed by atoms with Crippen LogP contribution in [0.1, 0.15) is 41.6 Å². The van der Waals surface area contributed by atoms with Gasteiger partial charge in [-0.05, 0) is 68.1 Å². The van der Waals surface area contributed by atoms with E-state index >= 15 is 0 Å². The Kier molecular flexibility index (Phi) is 5.89. The molecule has 5 nitrogen and oxygen atoms in total. The van der Waals surface area contributed by atoms with Crippen LogP contribution in [0.5, 0.6) is 5.75 Å². The quantitative estimate of drug-likeness (QED) is 0.712. The maximum atomic E-state index is 12.0. The van der Waals surface area contributed by atoms with Crippen molar-refractivity contribution in [3.05, 3.63) is 59.7 Å². The van der Waals surface area contributed by atoms with Gasteiger partial charge in [0.1, 0.15) is 5.75 Å². The minimum absolute atomic E-state index is 0.0568. The molecule has 0 atom stereocenters. The van der Waals surface area contributed by atoms with Gasteiger partial charge in [-0.3, -0.25) is 9.59 Å². The fourth-order valence-corrected chi connectivity index (χ4v) is 2.55. The second-order valence-corrected chi connectivity index (χ2v) is 6.64. The van der Waals surface area contributed by atoms with Gasteiger partial charge in [0.25, 0.3) is 5.91 Å². The van der Waals surface area contributed by atoms with Crippen LogP contribution in [0.2, 0.25) is 0 Å². The largest absolute Gasteiger partial charge is 0.494 e. The minimum Gasteiger partial charge on any atom is -0.494 e. The topological polar surface area (TPSA) is 67.4 Å². The summed E-state index contributed by atoms with van der Waals surface area (Å²) >= 11 is 0. The highest BCUT2D eigenvalue weighted by Gasteiger charge is 2.23. The number of anilines is 1. The molecule has 2 amide bonds. The Bertz CT molecular complexity index is 767. The van der Waals surface area contributed by atoms with E-state index in [1.54, 1.807) is 24.3 Å². The number of nitrogens with one attached hydrogen (secondary N) is 2. The molecule has 0 aromatic heterocycles. The van der Waals surface area contributed by atoms with Crippen LogP contribution < -0.4 is 15.4 Å². The van der Waals surface area contributed by atoms with E-state index in [1.165, 1.54) is 0 Å². The zero-order valence-corrected chi connectivity index (χ0v) is 15.0. The van der Waals surface area contributed by atoms with Crippen LogP contribution >= 0.6 is 0 Å². The van der Waals surface area contributed by atoms with Gasteiger partial charge >= 0.3 is 0 Å². The van der Waals surface area contributed by atoms with E-state index in [0.717, 1.165) is 24.2 Å². The predicted molar refractivity (Wildman–Crippen MR) is 101 cm³/mol. The molecule has 2 aromatic rings. The molecule has 26 heavy (non-hydrogen) atoms. The number of hydrogen-bond acceptors (Lipinski definition) is 3. The summed E-state index contributed by atoms with van der Waals surface area (Å²) in [6.45, 7) is 2.51. The fraction of sp³-hybridized carbons (Fsp3) is 0.333. The van der Waals surface area contributed by atoms with Crippen molar-refractivity contribution in [3.63, 3.8) is 0 Å². The summed E-state index contributed by atoms with van der Waals surface area (Å²) in [6.07, 6.45) is 3.15. The number of rotatable bonds is 8. The molecule has 0 bridgehead atoms. The molecule has 0 aliphatic heterocycles. The maximum absolute atomic E-state index is 12.0. The van der Waals surface area contributed by atoms with Crippen molar-refractivity contribution >= 4 is 17.5 Å². The number of carbonyl (C=O) groups is 2. The Balaban J connectivity index is 1.38. The van der Waals surface area contributed by atoms with Crippen molar-refractivity contribution in [2.75, 3.05) is 11.9 Å². The van der Waals surface area contributed by atoms with Crippen LogP contribution in [0.25, 0.3) is 0 Å². The van der Waals surface area contributed by atoms with Crippen molar-refractivity contribution < 1.29 is 14.3 Å². The van der Waals surface area contributed by atoms with Gasteiger partial charge < -0.3 is 15.4 Å². The molecular weight excluding hydrogens is 328 g/mol. The summed E-state index contributed by atoms with van der Waals surface area (Å²) in [5, 5.41) is 5.78. The van der Waals surface area contributed by atoms with Gasteiger partial charge in [0.2, 0.25) is 5.91 Å². The first-order chi connectivity index (χ1) is 12.6. The van der Waals surface area contributed by atoms with E-state index in [9.17, 15) is 9.59 Å². The van der Waals surface area contributed by atoms with E-state index in [1.807, 2.05) is 31.2 Å². The number of carbonyl (C=O) groups excluding carboxylic acids is 2. The normalized spacial score (nSPS) is 13.1. The lowest BCUT2D eigenvalue weighted by atomic mass is 10.2. The highest BCUT2D eigenvalue weighted by Crippen LogP contribution is 2.19. The zero-order chi connectivity index (χ0) is 18.4. The van der Waals surface area contributed by atoms with Crippen LogP contribution in [0.4, 0.5) is 5.69 Å². The highest BCUT2D eigenvalue weighted by molar-refractivity contribution is 5.96. The highest BCUT2D eigenvalue weighted by atomic mass is 16.5. The molecule has 1 saturated carbocycles. The minimum atomic E-state index is -0.0620. The van der Waals surface area contributed by atoms with Gasteiger partial charge in [0, 0.05) is 23.7 Å². The van der Waals surface area contributed by atoms with Crippen LogP contribution in [0.15, 0.2) is 48.5 Å². The molecule has 3 rings (SSSR count). The summed E-state index contributed by atoms with van der Waals surface area (Å²) in [7, 11) is 0. The number of ether oxygens (including phenoxy) is 1. The Morgan fingerprint density at radius 3 is 2.58 bits per heavy atom. The summed E-state index contributed by atoms with van der Waals surface area (Å²) in [6, 6.07) is 15.2. The van der Waals surface area contributed by atoms with E-state index < -0.39 is 0 Å². The van der Waals surface area contributed by atoms with Gasteiger partial charge in [0.05, 0.1) is 6.61 Å². The second kappa shape index (κ2) is 8.52. The first-order valence-corrected chi connectivity index (χ1v) is 9.00. The van der Waals surface area contributed by atoms with Gasteiger partial charge in [0.15, 0.2) is 0 Å². The molecule has 136 valence electrons. The average Bonchev–Trinajstić information content (AvgIpc) is 3.43. The smallest absolute Gasteiger partial charge is 0.251 e. The summed E-state index contributed by atoms with van der Waals surface area (Å²) < 4.78 is 5.64. The lowest BCUT2D eigenvalue weighted by molar-refractivity contribution is -0.116. The standard InChI is InChI=1S/C21H24N2O3/c1-15-4-2-5-19(14-15)26-13-3-6-20(24)22-17-9-7-16(8-10-17)21(25)23-18-11-12-18/h2,4-5,7-10,14,18H,3,6,11-13H2,1H3,(H,22,24)(H,23,25). The van der Waals surface area contributed by atoms with Crippen LogP contribution in [-0.4, -0.2) is 24.5 Å². The van der Waals surface area contributed by atoms with E-state index in [4.69, 9.17) is 4.74 Å². The molecule has 0 saturated heterocycles. The third-order valence-corrected chi connectivity index (χ3v) is 4.15. The second-order valence-electron chi connectivity index (χ2n) is 6.64. The SMILES string of the molecule is Cc1cccc(OCCCC(=O)Nc2ccc(C(=O)NC3CC3)cc2)c1. The van der Waals surface area contributed by atoms with E-state index in [0.29, 0.717) is 36.7 Å². The summed E-state index contributed by atoms with van der Waals surface area (Å²) in [5.74, 6) is 0.706. The molecule has 0 unspecified atom stereocenters.